The molecule has 0 spiro atoms. The Bertz CT molecular complexity index is 1230. The molecule has 33 heavy (non-hydrogen) atoms. The summed E-state index contributed by atoms with van der Waals surface area (Å²) in [6.07, 6.45) is 0.369. The second kappa shape index (κ2) is 11.2. The first kappa shape index (κ1) is 23.1. The fourth-order valence-electron chi connectivity index (χ4n) is 3.35. The Morgan fingerprint density at radius 2 is 1.82 bits per heavy atom. The number of carbonyl (C=O) groups is 1. The van der Waals surface area contributed by atoms with Gasteiger partial charge in [-0.15, -0.1) is 10.2 Å². The molecule has 0 aliphatic heterocycles. The number of nitrogens with zero attached hydrogens (tertiary/aromatic N) is 3. The van der Waals surface area contributed by atoms with Crippen molar-refractivity contribution in [2.75, 3.05) is 12.9 Å². The molecule has 3 aromatic carbocycles. The van der Waals surface area contributed by atoms with E-state index in [0.29, 0.717) is 18.7 Å². The molecule has 4 rings (SSSR count). The van der Waals surface area contributed by atoms with Crippen LogP contribution >= 0.6 is 27.7 Å². The molecule has 1 aromatic heterocycles. The number of para-hydroxylation sites is 2. The minimum Gasteiger partial charge on any atom is -0.496 e. The molecule has 0 unspecified atom stereocenters. The lowest BCUT2D eigenvalue weighted by atomic mass is 10.2. The number of hydrogen-bond acceptors (Lipinski definition) is 5. The summed E-state index contributed by atoms with van der Waals surface area (Å²) >= 11 is 5.04. The molecule has 0 bridgehead atoms. The summed E-state index contributed by atoms with van der Waals surface area (Å²) in [6, 6.07) is 25.6. The van der Waals surface area contributed by atoms with E-state index in [4.69, 9.17) is 4.74 Å². The monoisotopic (exact) mass is 522 g/mol. The van der Waals surface area contributed by atoms with Gasteiger partial charge in [-0.05, 0) is 30.3 Å². The first-order chi connectivity index (χ1) is 16.2. The minimum atomic E-state index is -0.0219. The van der Waals surface area contributed by atoms with Crippen LogP contribution in [-0.2, 0) is 11.3 Å². The zero-order chi connectivity index (χ0) is 23.0. The molecular weight excluding hydrogens is 500 g/mol. The average Bonchev–Trinajstić information content (AvgIpc) is 3.27. The SMILES string of the molecule is COc1ccccc1CNC(=O)CCSc1nnc(-c2cccc(Br)c2)n1-c1ccccc1. The van der Waals surface area contributed by atoms with Crippen molar-refractivity contribution in [1.29, 1.82) is 0 Å². The van der Waals surface area contributed by atoms with Crippen LogP contribution in [0.4, 0.5) is 0 Å². The average molecular weight is 523 g/mol. The Morgan fingerprint density at radius 3 is 2.61 bits per heavy atom. The first-order valence-corrected chi connectivity index (χ1v) is 12.2. The van der Waals surface area contributed by atoms with Crippen molar-refractivity contribution >= 4 is 33.6 Å². The van der Waals surface area contributed by atoms with Gasteiger partial charge in [0.2, 0.25) is 5.91 Å². The molecule has 6 nitrogen and oxygen atoms in total. The van der Waals surface area contributed by atoms with Gasteiger partial charge in [-0.2, -0.15) is 0 Å². The van der Waals surface area contributed by atoms with Crippen LogP contribution in [0.5, 0.6) is 5.75 Å². The van der Waals surface area contributed by atoms with E-state index in [1.807, 2.05) is 83.4 Å². The number of rotatable bonds is 9. The van der Waals surface area contributed by atoms with Gasteiger partial charge < -0.3 is 10.1 Å². The number of hydrogen-bond donors (Lipinski definition) is 1. The molecule has 168 valence electrons. The van der Waals surface area contributed by atoms with E-state index in [1.165, 1.54) is 11.8 Å². The number of thioether (sulfide) groups is 1. The fraction of sp³-hybridized carbons (Fsp3) is 0.160. The Morgan fingerprint density at radius 1 is 1.03 bits per heavy atom. The Balaban J connectivity index is 1.44. The lowest BCUT2D eigenvalue weighted by molar-refractivity contribution is -0.120. The summed E-state index contributed by atoms with van der Waals surface area (Å²) in [5.74, 6) is 2.08. The molecule has 0 saturated carbocycles. The van der Waals surface area contributed by atoms with Gasteiger partial charge in [0.15, 0.2) is 11.0 Å². The number of ether oxygens (including phenoxy) is 1. The van der Waals surface area contributed by atoms with Crippen molar-refractivity contribution in [2.24, 2.45) is 0 Å². The highest BCUT2D eigenvalue weighted by molar-refractivity contribution is 9.10. The van der Waals surface area contributed by atoms with Gasteiger partial charge in [0.1, 0.15) is 5.75 Å². The number of amides is 1. The van der Waals surface area contributed by atoms with Crippen molar-refractivity contribution in [3.8, 4) is 22.8 Å². The van der Waals surface area contributed by atoms with E-state index in [-0.39, 0.29) is 5.91 Å². The number of benzene rings is 3. The van der Waals surface area contributed by atoms with E-state index in [0.717, 1.165) is 38.0 Å². The lowest BCUT2D eigenvalue weighted by Crippen LogP contribution is -2.23. The van der Waals surface area contributed by atoms with Crippen molar-refractivity contribution in [3.63, 3.8) is 0 Å². The molecule has 0 fully saturated rings. The summed E-state index contributed by atoms with van der Waals surface area (Å²) in [5.41, 5.74) is 2.88. The van der Waals surface area contributed by atoms with Gasteiger partial charge in [0.05, 0.1) is 7.11 Å². The van der Waals surface area contributed by atoms with Crippen LogP contribution in [0.15, 0.2) is 88.5 Å². The van der Waals surface area contributed by atoms with Gasteiger partial charge >= 0.3 is 0 Å². The molecule has 0 aliphatic rings. The molecule has 1 heterocycles. The zero-order valence-corrected chi connectivity index (χ0v) is 20.5. The predicted molar refractivity (Wildman–Crippen MR) is 135 cm³/mol. The second-order valence-corrected chi connectivity index (χ2v) is 9.15. The van der Waals surface area contributed by atoms with E-state index < -0.39 is 0 Å². The topological polar surface area (TPSA) is 69.0 Å². The van der Waals surface area contributed by atoms with Crippen LogP contribution < -0.4 is 10.1 Å². The number of halogens is 1. The van der Waals surface area contributed by atoms with Crippen LogP contribution in [0.25, 0.3) is 17.1 Å². The van der Waals surface area contributed by atoms with Crippen LogP contribution in [-0.4, -0.2) is 33.5 Å². The molecule has 0 aliphatic carbocycles. The van der Waals surface area contributed by atoms with Crippen molar-refractivity contribution in [2.45, 2.75) is 18.1 Å². The minimum absolute atomic E-state index is 0.0219. The standard InChI is InChI=1S/C25H23BrN4O2S/c1-32-22-13-6-5-8-19(22)17-27-23(31)14-15-33-25-29-28-24(18-9-7-10-20(26)16-18)30(25)21-11-3-2-4-12-21/h2-13,16H,14-15,17H2,1H3,(H,27,31). The summed E-state index contributed by atoms with van der Waals surface area (Å²) in [7, 11) is 1.63. The predicted octanol–water partition coefficient (Wildman–Crippen LogP) is 5.50. The third-order valence-electron chi connectivity index (χ3n) is 4.96. The maximum absolute atomic E-state index is 12.4. The summed E-state index contributed by atoms with van der Waals surface area (Å²) in [6.45, 7) is 0.431. The Labute approximate surface area is 205 Å². The number of aromatic nitrogens is 3. The molecule has 1 amide bonds. The van der Waals surface area contributed by atoms with E-state index in [2.05, 4.69) is 31.4 Å². The second-order valence-electron chi connectivity index (χ2n) is 7.17. The van der Waals surface area contributed by atoms with Crippen molar-refractivity contribution < 1.29 is 9.53 Å². The van der Waals surface area contributed by atoms with Crippen LogP contribution in [0.1, 0.15) is 12.0 Å². The molecular formula is C25H23BrN4O2S. The maximum atomic E-state index is 12.4. The summed E-state index contributed by atoms with van der Waals surface area (Å²) < 4.78 is 8.34. The van der Waals surface area contributed by atoms with Gasteiger partial charge in [-0.25, -0.2) is 0 Å². The summed E-state index contributed by atoms with van der Waals surface area (Å²) in [5, 5.41) is 12.6. The van der Waals surface area contributed by atoms with Gasteiger partial charge in [-0.3, -0.25) is 9.36 Å². The molecule has 0 atom stereocenters. The lowest BCUT2D eigenvalue weighted by Gasteiger charge is -2.11. The van der Waals surface area contributed by atoms with Crippen LogP contribution in [0, 0.1) is 0 Å². The molecule has 8 heteroatoms. The highest BCUT2D eigenvalue weighted by Gasteiger charge is 2.17. The Kier molecular flexibility index (Phi) is 7.80. The summed E-state index contributed by atoms with van der Waals surface area (Å²) in [4.78, 5) is 12.4. The van der Waals surface area contributed by atoms with Crippen LogP contribution in [0.2, 0.25) is 0 Å². The highest BCUT2D eigenvalue weighted by Crippen LogP contribution is 2.29. The molecule has 4 aromatic rings. The molecule has 0 radical (unpaired) electrons. The van der Waals surface area contributed by atoms with Crippen molar-refractivity contribution in [3.05, 3.63) is 88.9 Å². The normalized spacial score (nSPS) is 10.7. The molecule has 0 saturated heterocycles. The fourth-order valence-corrected chi connectivity index (χ4v) is 4.64. The quantitative estimate of drug-likeness (QED) is 0.294. The van der Waals surface area contributed by atoms with Gasteiger partial charge in [0.25, 0.3) is 0 Å². The van der Waals surface area contributed by atoms with E-state index in [9.17, 15) is 4.79 Å². The maximum Gasteiger partial charge on any atom is 0.221 e. The van der Waals surface area contributed by atoms with Crippen molar-refractivity contribution in [1.82, 2.24) is 20.1 Å². The number of methoxy groups -OCH3 is 1. The van der Waals surface area contributed by atoms with Crippen LogP contribution in [0.3, 0.4) is 0 Å². The number of nitrogens with one attached hydrogen (secondary N) is 1. The van der Waals surface area contributed by atoms with E-state index in [1.54, 1.807) is 7.11 Å². The molecule has 1 N–H and O–H groups in total. The third kappa shape index (κ3) is 5.83. The first-order valence-electron chi connectivity index (χ1n) is 10.4. The number of carbonyl (C=O) groups excluding carboxylic acids is 1. The largest absolute Gasteiger partial charge is 0.496 e. The third-order valence-corrected chi connectivity index (χ3v) is 6.38. The Hall–Kier alpha value is -3.10. The smallest absolute Gasteiger partial charge is 0.221 e. The van der Waals surface area contributed by atoms with Gasteiger partial charge in [0, 0.05) is 40.0 Å². The highest BCUT2D eigenvalue weighted by atomic mass is 79.9. The van der Waals surface area contributed by atoms with Gasteiger partial charge in [-0.1, -0.05) is 76.2 Å². The van der Waals surface area contributed by atoms with E-state index >= 15 is 0 Å². The zero-order valence-electron chi connectivity index (χ0n) is 18.1.